The Morgan fingerprint density at radius 3 is 2.56 bits per heavy atom. The van der Waals surface area contributed by atoms with E-state index in [9.17, 15) is 9.90 Å². The molecule has 1 aromatic carbocycles. The molecule has 4 rings (SSSR count). The standard InChI is InChI=1S/C21H25Cl2N7O2/c1-11(10-31)26-20-25-9-16-19(29-20)30(13-7-5-12(6-8-13)18(24)32)21(27-16)28-17-14(22)3-2-4-15(17)23/h2-4,9,11-13,31H,5-8,10H2,1H3,(H2,24,32)(H,27,28)(H,25,26,29)/t11-,12?,13?/m0/s1. The van der Waals surface area contributed by atoms with Gasteiger partial charge in [0, 0.05) is 18.0 Å². The SMILES string of the molecule is C[C@@H](CO)Nc1ncc2nc(Nc3c(Cl)cccc3Cl)n(C3CCC(C(N)=O)CC3)c2n1. The van der Waals surface area contributed by atoms with Gasteiger partial charge in [-0.05, 0) is 44.7 Å². The number of aliphatic hydroxyl groups excluding tert-OH is 1. The van der Waals surface area contributed by atoms with E-state index in [1.54, 1.807) is 24.4 Å². The number of nitrogens with two attached hydrogens (primary N) is 1. The molecule has 11 heteroatoms. The van der Waals surface area contributed by atoms with Gasteiger partial charge in [-0.3, -0.25) is 9.36 Å². The lowest BCUT2D eigenvalue weighted by molar-refractivity contribution is -0.122. The lowest BCUT2D eigenvalue weighted by Crippen LogP contribution is -2.29. The van der Waals surface area contributed by atoms with Gasteiger partial charge in [0.25, 0.3) is 0 Å². The number of benzene rings is 1. The number of imidazole rings is 1. The van der Waals surface area contributed by atoms with Crippen molar-refractivity contribution in [3.63, 3.8) is 0 Å². The number of hydrogen-bond acceptors (Lipinski definition) is 7. The third-order valence-electron chi connectivity index (χ3n) is 5.75. The maximum absolute atomic E-state index is 11.6. The summed E-state index contributed by atoms with van der Waals surface area (Å²) in [6.07, 6.45) is 4.54. The molecule has 1 fully saturated rings. The molecule has 1 saturated carbocycles. The molecule has 9 nitrogen and oxygen atoms in total. The molecule has 32 heavy (non-hydrogen) atoms. The molecule has 3 aromatic rings. The Morgan fingerprint density at radius 1 is 1.25 bits per heavy atom. The van der Waals surface area contributed by atoms with Crippen LogP contribution in [0.1, 0.15) is 38.6 Å². The molecule has 1 aliphatic rings. The summed E-state index contributed by atoms with van der Waals surface area (Å²) in [5.41, 5.74) is 7.32. The largest absolute Gasteiger partial charge is 0.394 e. The number of aromatic nitrogens is 4. The molecule has 0 spiro atoms. The Labute approximate surface area is 195 Å². The highest BCUT2D eigenvalue weighted by Crippen LogP contribution is 2.39. The second-order valence-corrected chi connectivity index (χ2v) is 8.88. The number of primary amides is 1. The summed E-state index contributed by atoms with van der Waals surface area (Å²) in [6, 6.07) is 5.12. The highest BCUT2D eigenvalue weighted by Gasteiger charge is 2.29. The van der Waals surface area contributed by atoms with Gasteiger partial charge in [-0.1, -0.05) is 29.3 Å². The van der Waals surface area contributed by atoms with Gasteiger partial charge < -0.3 is 21.5 Å². The van der Waals surface area contributed by atoms with Crippen LogP contribution in [0.25, 0.3) is 11.2 Å². The first kappa shape index (κ1) is 22.6. The van der Waals surface area contributed by atoms with Gasteiger partial charge in [-0.15, -0.1) is 0 Å². The van der Waals surface area contributed by atoms with Crippen LogP contribution in [0, 0.1) is 5.92 Å². The molecule has 5 N–H and O–H groups in total. The van der Waals surface area contributed by atoms with Crippen molar-refractivity contribution in [1.29, 1.82) is 0 Å². The van der Waals surface area contributed by atoms with Gasteiger partial charge in [-0.25, -0.2) is 9.97 Å². The third kappa shape index (κ3) is 4.60. The number of nitrogens with zero attached hydrogens (tertiary/aromatic N) is 4. The summed E-state index contributed by atoms with van der Waals surface area (Å²) in [4.78, 5) is 25.3. The zero-order valence-electron chi connectivity index (χ0n) is 17.6. The summed E-state index contributed by atoms with van der Waals surface area (Å²) < 4.78 is 2.02. The van der Waals surface area contributed by atoms with Crippen LogP contribution in [0.3, 0.4) is 0 Å². The van der Waals surface area contributed by atoms with Crippen molar-refractivity contribution in [3.05, 3.63) is 34.4 Å². The number of carbonyl (C=O) groups excluding carboxylic acids is 1. The minimum atomic E-state index is -0.257. The molecule has 0 unspecified atom stereocenters. The minimum absolute atomic E-state index is 0.0460. The van der Waals surface area contributed by atoms with Crippen LogP contribution in [0.5, 0.6) is 0 Å². The second-order valence-electron chi connectivity index (χ2n) is 8.07. The predicted molar refractivity (Wildman–Crippen MR) is 125 cm³/mol. The first-order chi connectivity index (χ1) is 15.4. The number of fused-ring (bicyclic) bond motifs is 1. The second kappa shape index (κ2) is 9.48. The molecule has 2 aromatic heterocycles. The minimum Gasteiger partial charge on any atom is -0.394 e. The zero-order chi connectivity index (χ0) is 22.8. The summed E-state index contributed by atoms with van der Waals surface area (Å²) in [7, 11) is 0. The summed E-state index contributed by atoms with van der Waals surface area (Å²) in [5, 5.41) is 16.6. The molecule has 1 aliphatic carbocycles. The van der Waals surface area contributed by atoms with E-state index in [-0.39, 0.29) is 30.5 Å². The van der Waals surface area contributed by atoms with Gasteiger partial charge in [0.2, 0.25) is 17.8 Å². The number of carbonyl (C=O) groups is 1. The predicted octanol–water partition coefficient (Wildman–Crippen LogP) is 3.89. The van der Waals surface area contributed by atoms with Crippen molar-refractivity contribution in [2.45, 2.75) is 44.7 Å². The monoisotopic (exact) mass is 477 g/mol. The number of aliphatic hydroxyl groups is 1. The number of rotatable bonds is 7. The van der Waals surface area contributed by atoms with Crippen molar-refractivity contribution >= 4 is 57.9 Å². The quantitative estimate of drug-likeness (QED) is 0.405. The van der Waals surface area contributed by atoms with Crippen molar-refractivity contribution in [1.82, 2.24) is 19.5 Å². The van der Waals surface area contributed by atoms with Crippen LogP contribution >= 0.6 is 23.2 Å². The lowest BCUT2D eigenvalue weighted by Gasteiger charge is -2.29. The van der Waals surface area contributed by atoms with Crippen molar-refractivity contribution in [2.24, 2.45) is 11.7 Å². The zero-order valence-corrected chi connectivity index (χ0v) is 19.1. The van der Waals surface area contributed by atoms with E-state index in [4.69, 9.17) is 33.9 Å². The van der Waals surface area contributed by atoms with Crippen LogP contribution in [-0.4, -0.2) is 43.2 Å². The fourth-order valence-electron chi connectivity index (χ4n) is 4.01. The number of para-hydroxylation sites is 1. The van der Waals surface area contributed by atoms with Crippen LogP contribution < -0.4 is 16.4 Å². The van der Waals surface area contributed by atoms with E-state index in [1.807, 2.05) is 11.5 Å². The summed E-state index contributed by atoms with van der Waals surface area (Å²) in [6.45, 7) is 1.79. The smallest absolute Gasteiger partial charge is 0.225 e. The van der Waals surface area contributed by atoms with Gasteiger partial charge in [0.15, 0.2) is 5.65 Å². The molecule has 0 aliphatic heterocycles. The topological polar surface area (TPSA) is 131 Å². The first-order valence-corrected chi connectivity index (χ1v) is 11.3. The Morgan fingerprint density at radius 2 is 1.94 bits per heavy atom. The molecule has 2 heterocycles. The molecular formula is C21H25Cl2N7O2. The first-order valence-electron chi connectivity index (χ1n) is 10.5. The fourth-order valence-corrected chi connectivity index (χ4v) is 4.50. The molecule has 1 amide bonds. The van der Waals surface area contributed by atoms with Gasteiger partial charge in [0.1, 0.15) is 5.52 Å². The van der Waals surface area contributed by atoms with E-state index in [0.29, 0.717) is 51.6 Å². The number of hydrogen-bond donors (Lipinski definition) is 4. The Kier molecular flexibility index (Phi) is 6.68. The number of amides is 1. The van der Waals surface area contributed by atoms with E-state index in [0.717, 1.165) is 12.8 Å². The van der Waals surface area contributed by atoms with Gasteiger partial charge in [-0.2, -0.15) is 4.98 Å². The van der Waals surface area contributed by atoms with Crippen molar-refractivity contribution in [3.8, 4) is 0 Å². The lowest BCUT2D eigenvalue weighted by atomic mass is 9.85. The molecule has 0 bridgehead atoms. The Balaban J connectivity index is 1.76. The maximum atomic E-state index is 11.6. The molecular weight excluding hydrogens is 453 g/mol. The summed E-state index contributed by atoms with van der Waals surface area (Å²) in [5.74, 6) is 0.562. The highest BCUT2D eigenvalue weighted by atomic mass is 35.5. The molecule has 170 valence electrons. The molecule has 0 radical (unpaired) electrons. The van der Waals surface area contributed by atoms with Gasteiger partial charge >= 0.3 is 0 Å². The van der Waals surface area contributed by atoms with E-state index in [2.05, 4.69) is 20.6 Å². The maximum Gasteiger partial charge on any atom is 0.225 e. The van der Waals surface area contributed by atoms with Crippen LogP contribution in [0.4, 0.5) is 17.6 Å². The average Bonchev–Trinajstić information content (AvgIpc) is 3.13. The van der Waals surface area contributed by atoms with Crippen molar-refractivity contribution in [2.75, 3.05) is 17.2 Å². The third-order valence-corrected chi connectivity index (χ3v) is 6.38. The molecule has 1 atom stereocenters. The van der Waals surface area contributed by atoms with Crippen LogP contribution in [0.15, 0.2) is 24.4 Å². The number of anilines is 3. The highest BCUT2D eigenvalue weighted by molar-refractivity contribution is 6.39. The van der Waals surface area contributed by atoms with E-state index in [1.165, 1.54) is 0 Å². The fraction of sp³-hybridized carbons (Fsp3) is 0.429. The number of nitrogens with one attached hydrogen (secondary N) is 2. The number of halogens is 2. The van der Waals surface area contributed by atoms with Crippen LogP contribution in [0.2, 0.25) is 10.0 Å². The average molecular weight is 478 g/mol. The normalized spacial score (nSPS) is 19.6. The Hall–Kier alpha value is -2.62. The van der Waals surface area contributed by atoms with E-state index >= 15 is 0 Å². The molecule has 0 saturated heterocycles. The van der Waals surface area contributed by atoms with Crippen molar-refractivity contribution < 1.29 is 9.90 Å². The Bertz CT molecular complexity index is 1110. The van der Waals surface area contributed by atoms with Gasteiger partial charge in [0.05, 0.1) is 28.5 Å². The van der Waals surface area contributed by atoms with Crippen LogP contribution in [-0.2, 0) is 4.79 Å². The summed E-state index contributed by atoms with van der Waals surface area (Å²) >= 11 is 12.7. The van der Waals surface area contributed by atoms with E-state index < -0.39 is 0 Å².